The zero-order valence-corrected chi connectivity index (χ0v) is 12.0. The average molecular weight is 319 g/mol. The first-order valence-corrected chi connectivity index (χ1v) is 7.05. The molecule has 2 N–H and O–H groups in total. The van der Waals surface area contributed by atoms with Crippen LogP contribution < -0.4 is 5.73 Å². The highest BCUT2D eigenvalue weighted by Gasteiger charge is 2.05. The Hall–Kier alpha value is -1.75. The van der Waals surface area contributed by atoms with Crippen molar-refractivity contribution in [3.8, 4) is 0 Å². The van der Waals surface area contributed by atoms with Crippen molar-refractivity contribution in [2.45, 2.75) is 19.5 Å². The van der Waals surface area contributed by atoms with E-state index in [2.05, 4.69) is 56.1 Å². The molecule has 0 atom stereocenters. The minimum absolute atomic E-state index is 0.578. The highest BCUT2D eigenvalue weighted by atomic mass is 79.9. The first-order valence-electron chi connectivity index (χ1n) is 6.26. The van der Waals surface area contributed by atoms with E-state index in [-0.39, 0.29) is 0 Å². The van der Waals surface area contributed by atoms with Crippen molar-refractivity contribution in [3.05, 3.63) is 47.2 Å². The Balaban J connectivity index is 1.72. The van der Waals surface area contributed by atoms with E-state index in [1.807, 2.05) is 16.9 Å². The SMILES string of the molecule is Nc1ccn(CCCn2cc(Br)c3ccccc32)n1. The molecule has 3 rings (SSSR count). The van der Waals surface area contributed by atoms with Gasteiger partial charge in [0, 0.05) is 40.9 Å². The van der Waals surface area contributed by atoms with Crippen molar-refractivity contribution < 1.29 is 0 Å². The fraction of sp³-hybridized carbons (Fsp3) is 0.214. The van der Waals surface area contributed by atoms with Crippen LogP contribution >= 0.6 is 15.9 Å². The van der Waals surface area contributed by atoms with Crippen LogP contribution in [0.5, 0.6) is 0 Å². The summed E-state index contributed by atoms with van der Waals surface area (Å²) in [4.78, 5) is 0. The number of nitrogens with two attached hydrogens (primary N) is 1. The van der Waals surface area contributed by atoms with Crippen LogP contribution in [-0.2, 0) is 13.1 Å². The third-order valence-electron chi connectivity index (χ3n) is 3.19. The molecule has 0 aliphatic rings. The average Bonchev–Trinajstić information content (AvgIpc) is 2.96. The smallest absolute Gasteiger partial charge is 0.145 e. The van der Waals surface area contributed by atoms with Gasteiger partial charge in [0.05, 0.1) is 0 Å². The van der Waals surface area contributed by atoms with E-state index in [1.165, 1.54) is 10.9 Å². The molecular formula is C14H15BrN4. The van der Waals surface area contributed by atoms with Crippen molar-refractivity contribution in [2.75, 3.05) is 5.73 Å². The summed E-state index contributed by atoms with van der Waals surface area (Å²) in [7, 11) is 0. The Bertz CT molecular complexity index is 698. The van der Waals surface area contributed by atoms with Gasteiger partial charge in [0.1, 0.15) is 5.82 Å². The van der Waals surface area contributed by atoms with E-state index in [0.29, 0.717) is 5.82 Å². The summed E-state index contributed by atoms with van der Waals surface area (Å²) in [6.45, 7) is 1.84. The van der Waals surface area contributed by atoms with Gasteiger partial charge in [-0.2, -0.15) is 5.10 Å². The van der Waals surface area contributed by atoms with Crippen molar-refractivity contribution in [2.24, 2.45) is 0 Å². The second-order valence-corrected chi connectivity index (χ2v) is 5.40. The van der Waals surface area contributed by atoms with Crippen molar-refractivity contribution in [1.82, 2.24) is 14.3 Å². The van der Waals surface area contributed by atoms with E-state index in [9.17, 15) is 0 Å². The molecule has 19 heavy (non-hydrogen) atoms. The molecule has 0 aliphatic heterocycles. The number of aryl methyl sites for hydroxylation is 2. The summed E-state index contributed by atoms with van der Waals surface area (Å²) in [6, 6.07) is 10.2. The van der Waals surface area contributed by atoms with E-state index in [4.69, 9.17) is 5.73 Å². The van der Waals surface area contributed by atoms with Crippen molar-refractivity contribution in [3.63, 3.8) is 0 Å². The van der Waals surface area contributed by atoms with Gasteiger partial charge in [-0.1, -0.05) is 18.2 Å². The van der Waals surface area contributed by atoms with Gasteiger partial charge in [0.25, 0.3) is 0 Å². The fourth-order valence-corrected chi connectivity index (χ4v) is 2.87. The van der Waals surface area contributed by atoms with Crippen molar-refractivity contribution in [1.29, 1.82) is 0 Å². The molecule has 98 valence electrons. The zero-order valence-electron chi connectivity index (χ0n) is 10.5. The molecule has 0 saturated carbocycles. The van der Waals surface area contributed by atoms with Crippen molar-refractivity contribution >= 4 is 32.7 Å². The first-order chi connectivity index (χ1) is 9.24. The highest BCUT2D eigenvalue weighted by Crippen LogP contribution is 2.26. The summed E-state index contributed by atoms with van der Waals surface area (Å²) in [6.07, 6.45) is 5.08. The molecular weight excluding hydrogens is 304 g/mol. The normalized spacial score (nSPS) is 11.2. The van der Waals surface area contributed by atoms with E-state index >= 15 is 0 Å². The number of hydrogen-bond acceptors (Lipinski definition) is 2. The van der Waals surface area contributed by atoms with E-state index in [1.54, 1.807) is 0 Å². The van der Waals surface area contributed by atoms with Gasteiger partial charge in [0.2, 0.25) is 0 Å². The number of fused-ring (bicyclic) bond motifs is 1. The minimum Gasteiger partial charge on any atom is -0.382 e. The Morgan fingerprint density at radius 3 is 2.79 bits per heavy atom. The van der Waals surface area contributed by atoms with Crippen LogP contribution in [0.25, 0.3) is 10.9 Å². The lowest BCUT2D eigenvalue weighted by Gasteiger charge is -2.05. The van der Waals surface area contributed by atoms with Crippen LogP contribution in [0, 0.1) is 0 Å². The molecule has 1 aromatic carbocycles. The molecule has 3 aromatic rings. The Morgan fingerprint density at radius 2 is 2.00 bits per heavy atom. The predicted octanol–water partition coefficient (Wildman–Crippen LogP) is 3.27. The van der Waals surface area contributed by atoms with E-state index in [0.717, 1.165) is 24.0 Å². The monoisotopic (exact) mass is 318 g/mol. The molecule has 0 spiro atoms. The molecule has 2 heterocycles. The molecule has 0 fully saturated rings. The van der Waals surface area contributed by atoms with Crippen LogP contribution in [0.3, 0.4) is 0 Å². The maximum Gasteiger partial charge on any atom is 0.145 e. The summed E-state index contributed by atoms with van der Waals surface area (Å²) >= 11 is 3.60. The largest absolute Gasteiger partial charge is 0.382 e. The topological polar surface area (TPSA) is 48.8 Å². The van der Waals surface area contributed by atoms with Gasteiger partial charge < -0.3 is 10.3 Å². The zero-order chi connectivity index (χ0) is 13.2. The highest BCUT2D eigenvalue weighted by molar-refractivity contribution is 9.10. The third kappa shape index (κ3) is 2.51. The molecule has 0 unspecified atom stereocenters. The second-order valence-electron chi connectivity index (χ2n) is 4.54. The van der Waals surface area contributed by atoms with Crippen LogP contribution in [0.2, 0.25) is 0 Å². The minimum atomic E-state index is 0.578. The number of nitrogen functional groups attached to an aromatic ring is 1. The lowest BCUT2D eigenvalue weighted by atomic mass is 10.2. The van der Waals surface area contributed by atoms with Crippen LogP contribution in [0.15, 0.2) is 47.2 Å². The Labute approximate surface area is 119 Å². The van der Waals surface area contributed by atoms with E-state index < -0.39 is 0 Å². The number of hydrogen-bond donors (Lipinski definition) is 1. The first kappa shape index (κ1) is 12.3. The molecule has 0 aliphatic carbocycles. The number of para-hydroxylation sites is 1. The van der Waals surface area contributed by atoms with Gasteiger partial charge in [-0.25, -0.2) is 0 Å². The van der Waals surface area contributed by atoms with Gasteiger partial charge >= 0.3 is 0 Å². The maximum absolute atomic E-state index is 5.60. The maximum atomic E-state index is 5.60. The molecule has 0 saturated heterocycles. The molecule has 0 radical (unpaired) electrons. The third-order valence-corrected chi connectivity index (χ3v) is 3.82. The van der Waals surface area contributed by atoms with Gasteiger partial charge in [-0.3, -0.25) is 4.68 Å². The van der Waals surface area contributed by atoms with Gasteiger partial charge in [-0.15, -0.1) is 0 Å². The number of rotatable bonds is 4. The number of anilines is 1. The Morgan fingerprint density at radius 1 is 1.16 bits per heavy atom. The summed E-state index contributed by atoms with van der Waals surface area (Å²) < 4.78 is 5.30. The second kappa shape index (κ2) is 5.09. The summed E-state index contributed by atoms with van der Waals surface area (Å²) in [5, 5.41) is 5.44. The molecule has 0 amide bonds. The van der Waals surface area contributed by atoms with Crippen LogP contribution in [0.4, 0.5) is 5.82 Å². The lowest BCUT2D eigenvalue weighted by Crippen LogP contribution is -2.04. The fourth-order valence-electron chi connectivity index (χ4n) is 2.29. The van der Waals surface area contributed by atoms with Gasteiger partial charge in [-0.05, 0) is 34.5 Å². The molecule has 4 nitrogen and oxygen atoms in total. The number of aromatic nitrogens is 3. The predicted molar refractivity (Wildman–Crippen MR) is 80.9 cm³/mol. The standard InChI is InChI=1S/C14H15BrN4/c15-12-10-18(13-5-2-1-4-11(12)13)7-3-8-19-9-6-14(16)17-19/h1-2,4-6,9-10H,3,7-8H2,(H2,16,17). The van der Waals surface area contributed by atoms with Gasteiger partial charge in [0.15, 0.2) is 0 Å². The Kier molecular flexibility index (Phi) is 3.29. The van der Waals surface area contributed by atoms with Crippen LogP contribution in [-0.4, -0.2) is 14.3 Å². The summed E-state index contributed by atoms with van der Waals surface area (Å²) in [5.74, 6) is 0.578. The molecule has 5 heteroatoms. The quantitative estimate of drug-likeness (QED) is 0.802. The number of nitrogens with zero attached hydrogens (tertiary/aromatic N) is 3. The number of benzene rings is 1. The molecule has 2 aromatic heterocycles. The number of halogens is 1. The lowest BCUT2D eigenvalue weighted by molar-refractivity contribution is 0.535. The van der Waals surface area contributed by atoms with Crippen LogP contribution in [0.1, 0.15) is 6.42 Å². The summed E-state index contributed by atoms with van der Waals surface area (Å²) in [5.41, 5.74) is 6.85. The molecule has 0 bridgehead atoms.